The highest BCUT2D eigenvalue weighted by Crippen LogP contribution is 2.14. The molecule has 0 aliphatic rings. The first-order valence-corrected chi connectivity index (χ1v) is 8.89. The summed E-state index contributed by atoms with van der Waals surface area (Å²) in [6.07, 6.45) is 3.20. The van der Waals surface area contributed by atoms with Crippen LogP contribution < -0.4 is 10.6 Å². The summed E-state index contributed by atoms with van der Waals surface area (Å²) in [6, 6.07) is 10.8. The highest BCUT2D eigenvalue weighted by atomic mass is 32.1. The quantitative estimate of drug-likeness (QED) is 0.663. The van der Waals surface area contributed by atoms with Crippen molar-refractivity contribution in [3.8, 4) is 0 Å². The SMILES string of the molecule is O=C(NCc1ccco1)/C(=C\c1cccs1)NC(=O)c1cccs1. The molecule has 0 aromatic carbocycles. The zero-order valence-corrected chi connectivity index (χ0v) is 14.2. The second-order valence-electron chi connectivity index (χ2n) is 4.77. The van der Waals surface area contributed by atoms with E-state index in [4.69, 9.17) is 4.42 Å². The summed E-state index contributed by atoms with van der Waals surface area (Å²) in [5.41, 5.74) is 0.197. The number of furan rings is 1. The fourth-order valence-corrected chi connectivity index (χ4v) is 3.22. The Morgan fingerprint density at radius 1 is 1.08 bits per heavy atom. The van der Waals surface area contributed by atoms with E-state index in [2.05, 4.69) is 10.6 Å². The zero-order chi connectivity index (χ0) is 16.8. The van der Waals surface area contributed by atoms with Crippen molar-refractivity contribution in [3.05, 3.63) is 74.6 Å². The van der Waals surface area contributed by atoms with Gasteiger partial charge in [-0.1, -0.05) is 12.1 Å². The minimum atomic E-state index is -0.371. The van der Waals surface area contributed by atoms with E-state index >= 15 is 0 Å². The molecule has 0 aliphatic heterocycles. The van der Waals surface area contributed by atoms with Gasteiger partial charge in [0.05, 0.1) is 17.7 Å². The van der Waals surface area contributed by atoms with E-state index in [0.29, 0.717) is 10.6 Å². The molecule has 2 amide bonds. The Hall–Kier alpha value is -2.64. The minimum absolute atomic E-state index is 0.197. The summed E-state index contributed by atoms with van der Waals surface area (Å²) < 4.78 is 5.19. The zero-order valence-electron chi connectivity index (χ0n) is 12.5. The van der Waals surface area contributed by atoms with Gasteiger partial charge in [0.15, 0.2) is 0 Å². The van der Waals surface area contributed by atoms with Crippen molar-refractivity contribution in [1.82, 2.24) is 10.6 Å². The molecule has 0 atom stereocenters. The second kappa shape index (κ2) is 7.76. The van der Waals surface area contributed by atoms with Gasteiger partial charge in [0.1, 0.15) is 11.5 Å². The third-order valence-electron chi connectivity index (χ3n) is 3.07. The molecule has 3 rings (SSSR count). The smallest absolute Gasteiger partial charge is 0.268 e. The summed E-state index contributed by atoms with van der Waals surface area (Å²) in [7, 11) is 0. The molecule has 0 spiro atoms. The van der Waals surface area contributed by atoms with Crippen LogP contribution in [0.15, 0.2) is 63.5 Å². The standard InChI is InChI=1S/C17H14N2O3S2/c20-16(18-11-12-4-1-7-22-12)14(10-13-5-2-8-23-13)19-17(21)15-6-3-9-24-15/h1-10H,11H2,(H,18,20)(H,19,21)/b14-10+. The number of thiophene rings is 2. The van der Waals surface area contributed by atoms with Crippen LogP contribution in [0.4, 0.5) is 0 Å². The molecule has 3 aromatic rings. The Labute approximate surface area is 146 Å². The van der Waals surface area contributed by atoms with Crippen molar-refractivity contribution in [3.63, 3.8) is 0 Å². The molecule has 0 saturated carbocycles. The van der Waals surface area contributed by atoms with E-state index in [9.17, 15) is 9.59 Å². The van der Waals surface area contributed by atoms with Gasteiger partial charge in [-0.2, -0.15) is 0 Å². The summed E-state index contributed by atoms with van der Waals surface area (Å²) in [4.78, 5) is 26.1. The highest BCUT2D eigenvalue weighted by Gasteiger charge is 2.15. The number of carbonyl (C=O) groups excluding carboxylic acids is 2. The van der Waals surface area contributed by atoms with Gasteiger partial charge in [-0.3, -0.25) is 9.59 Å². The van der Waals surface area contributed by atoms with Crippen molar-refractivity contribution in [2.45, 2.75) is 6.54 Å². The lowest BCUT2D eigenvalue weighted by Crippen LogP contribution is -2.34. The van der Waals surface area contributed by atoms with Crippen molar-refractivity contribution in [2.75, 3.05) is 0 Å². The molecule has 0 fully saturated rings. The lowest BCUT2D eigenvalue weighted by Gasteiger charge is -2.09. The molecule has 3 aromatic heterocycles. The maximum Gasteiger partial charge on any atom is 0.268 e. The van der Waals surface area contributed by atoms with Crippen LogP contribution >= 0.6 is 22.7 Å². The Morgan fingerprint density at radius 3 is 2.58 bits per heavy atom. The molecule has 0 aliphatic carbocycles. The van der Waals surface area contributed by atoms with Gasteiger partial charge < -0.3 is 15.1 Å². The van der Waals surface area contributed by atoms with E-state index in [1.807, 2.05) is 22.9 Å². The first kappa shape index (κ1) is 16.2. The molecular weight excluding hydrogens is 344 g/mol. The number of hydrogen-bond donors (Lipinski definition) is 2. The van der Waals surface area contributed by atoms with Crippen molar-refractivity contribution < 1.29 is 14.0 Å². The van der Waals surface area contributed by atoms with Crippen LogP contribution in [0.2, 0.25) is 0 Å². The van der Waals surface area contributed by atoms with Crippen LogP contribution in [-0.4, -0.2) is 11.8 Å². The Kier molecular flexibility index (Phi) is 5.25. The Balaban J connectivity index is 1.74. The van der Waals surface area contributed by atoms with Crippen LogP contribution in [0.5, 0.6) is 0 Å². The van der Waals surface area contributed by atoms with Gasteiger partial charge in [-0.05, 0) is 41.1 Å². The second-order valence-corrected chi connectivity index (χ2v) is 6.69. The minimum Gasteiger partial charge on any atom is -0.467 e. The van der Waals surface area contributed by atoms with Gasteiger partial charge in [-0.15, -0.1) is 22.7 Å². The molecular formula is C17H14N2O3S2. The largest absolute Gasteiger partial charge is 0.467 e. The first-order valence-electron chi connectivity index (χ1n) is 7.13. The third kappa shape index (κ3) is 4.21. The Bertz CT molecular complexity index is 819. The number of rotatable bonds is 6. The van der Waals surface area contributed by atoms with Crippen LogP contribution in [0.3, 0.4) is 0 Å². The lowest BCUT2D eigenvalue weighted by molar-refractivity contribution is -0.118. The third-order valence-corrected chi connectivity index (χ3v) is 4.76. The van der Waals surface area contributed by atoms with Gasteiger partial charge in [0.25, 0.3) is 11.8 Å². The molecule has 0 unspecified atom stereocenters. The van der Waals surface area contributed by atoms with Crippen molar-refractivity contribution >= 4 is 40.6 Å². The van der Waals surface area contributed by atoms with Crippen LogP contribution in [0.1, 0.15) is 20.3 Å². The van der Waals surface area contributed by atoms with Gasteiger partial charge in [0, 0.05) is 4.88 Å². The number of nitrogens with one attached hydrogen (secondary N) is 2. The predicted molar refractivity (Wildman–Crippen MR) is 94.6 cm³/mol. The molecule has 0 bridgehead atoms. The fraction of sp³-hybridized carbons (Fsp3) is 0.0588. The van der Waals surface area contributed by atoms with E-state index in [-0.39, 0.29) is 24.1 Å². The van der Waals surface area contributed by atoms with E-state index < -0.39 is 0 Å². The van der Waals surface area contributed by atoms with Gasteiger partial charge in [-0.25, -0.2) is 0 Å². The summed E-state index contributed by atoms with van der Waals surface area (Å²) in [5.74, 6) is -0.0333. The monoisotopic (exact) mass is 358 g/mol. The number of amides is 2. The van der Waals surface area contributed by atoms with Crippen LogP contribution in [0.25, 0.3) is 6.08 Å². The van der Waals surface area contributed by atoms with E-state index in [1.54, 1.807) is 36.6 Å². The summed E-state index contributed by atoms with van der Waals surface area (Å²) in [5, 5.41) is 9.15. The molecule has 5 nitrogen and oxygen atoms in total. The average Bonchev–Trinajstić information content (AvgIpc) is 3.34. The normalized spacial score (nSPS) is 11.2. The van der Waals surface area contributed by atoms with Crippen LogP contribution in [-0.2, 0) is 11.3 Å². The molecule has 122 valence electrons. The topological polar surface area (TPSA) is 71.3 Å². The van der Waals surface area contributed by atoms with Gasteiger partial charge >= 0.3 is 0 Å². The van der Waals surface area contributed by atoms with Crippen molar-refractivity contribution in [2.24, 2.45) is 0 Å². The molecule has 7 heteroatoms. The predicted octanol–water partition coefficient (Wildman–Crippen LogP) is 3.49. The average molecular weight is 358 g/mol. The van der Waals surface area contributed by atoms with Crippen LogP contribution in [0, 0.1) is 0 Å². The van der Waals surface area contributed by atoms with Crippen molar-refractivity contribution in [1.29, 1.82) is 0 Å². The molecule has 0 radical (unpaired) electrons. The van der Waals surface area contributed by atoms with Gasteiger partial charge in [0.2, 0.25) is 0 Å². The van der Waals surface area contributed by atoms with E-state index in [1.165, 1.54) is 22.7 Å². The molecule has 3 heterocycles. The molecule has 2 N–H and O–H groups in total. The Morgan fingerprint density at radius 2 is 1.92 bits per heavy atom. The van der Waals surface area contributed by atoms with E-state index in [0.717, 1.165) is 4.88 Å². The number of hydrogen-bond acceptors (Lipinski definition) is 5. The summed E-state index contributed by atoms with van der Waals surface area (Å²) in [6.45, 7) is 0.252. The maximum atomic E-state index is 12.4. The number of carbonyl (C=O) groups is 2. The fourth-order valence-electron chi connectivity index (χ4n) is 1.94. The molecule has 24 heavy (non-hydrogen) atoms. The first-order chi connectivity index (χ1) is 11.7. The maximum absolute atomic E-state index is 12.4. The summed E-state index contributed by atoms with van der Waals surface area (Å²) >= 11 is 2.81. The lowest BCUT2D eigenvalue weighted by atomic mass is 10.3. The highest BCUT2D eigenvalue weighted by molar-refractivity contribution is 7.12. The molecule has 0 saturated heterocycles.